The Bertz CT molecular complexity index is 547. The lowest BCUT2D eigenvalue weighted by Gasteiger charge is -1.97. The summed E-state index contributed by atoms with van der Waals surface area (Å²) >= 11 is 0. The Morgan fingerprint density at radius 3 is 2.18 bits per heavy atom. The number of benzene rings is 2. The van der Waals surface area contributed by atoms with E-state index >= 15 is 0 Å². The second-order valence-corrected chi connectivity index (χ2v) is 3.40. The largest absolute Gasteiger partial charge is 0.256 e. The Morgan fingerprint density at radius 2 is 1.47 bits per heavy atom. The zero-order valence-electron chi connectivity index (χ0n) is 8.70. The van der Waals surface area contributed by atoms with Crippen molar-refractivity contribution < 1.29 is 13.2 Å². The maximum absolute atomic E-state index is 13.2. The molecule has 0 aliphatic carbocycles. The van der Waals surface area contributed by atoms with Gasteiger partial charge in [0.2, 0.25) is 0 Å². The van der Waals surface area contributed by atoms with E-state index in [1.54, 1.807) is 0 Å². The van der Waals surface area contributed by atoms with Gasteiger partial charge in [-0.25, -0.2) is 13.2 Å². The zero-order valence-corrected chi connectivity index (χ0v) is 8.70. The van der Waals surface area contributed by atoms with Crippen LogP contribution in [-0.4, -0.2) is 6.21 Å². The predicted molar refractivity (Wildman–Crippen MR) is 60.0 cm³/mol. The van der Waals surface area contributed by atoms with E-state index in [9.17, 15) is 13.2 Å². The van der Waals surface area contributed by atoms with E-state index in [1.807, 2.05) is 0 Å². The monoisotopic (exact) mass is 235 g/mol. The average molecular weight is 235 g/mol. The van der Waals surface area contributed by atoms with Crippen LogP contribution >= 0.6 is 0 Å². The van der Waals surface area contributed by atoms with E-state index in [4.69, 9.17) is 0 Å². The number of nitrogens with zero attached hydrogens (tertiary/aromatic N) is 1. The lowest BCUT2D eigenvalue weighted by Crippen LogP contribution is -1.89. The standard InChI is InChI=1S/C13H8F3N/c14-10-1-4-12(5-2-10)17-8-9-7-11(15)3-6-13(9)16/h1-8H. The third-order valence-corrected chi connectivity index (χ3v) is 2.14. The molecule has 4 heteroatoms. The number of hydrogen-bond donors (Lipinski definition) is 0. The van der Waals surface area contributed by atoms with Crippen LogP contribution in [0.2, 0.25) is 0 Å². The molecule has 0 aliphatic rings. The van der Waals surface area contributed by atoms with Crippen LogP contribution in [0.15, 0.2) is 47.5 Å². The van der Waals surface area contributed by atoms with Crippen LogP contribution in [0.4, 0.5) is 18.9 Å². The van der Waals surface area contributed by atoms with Crippen molar-refractivity contribution in [2.24, 2.45) is 4.99 Å². The van der Waals surface area contributed by atoms with Gasteiger partial charge in [0, 0.05) is 11.8 Å². The molecular weight excluding hydrogens is 227 g/mol. The van der Waals surface area contributed by atoms with Crippen LogP contribution in [0.25, 0.3) is 0 Å². The van der Waals surface area contributed by atoms with Gasteiger partial charge in [-0.1, -0.05) is 0 Å². The summed E-state index contributed by atoms with van der Waals surface area (Å²) in [6.07, 6.45) is 1.20. The van der Waals surface area contributed by atoms with Gasteiger partial charge in [-0.3, -0.25) is 4.99 Å². The zero-order chi connectivity index (χ0) is 12.3. The number of hydrogen-bond acceptors (Lipinski definition) is 1. The molecule has 0 radical (unpaired) electrons. The van der Waals surface area contributed by atoms with Crippen molar-refractivity contribution in [2.45, 2.75) is 0 Å². The molecule has 2 aromatic carbocycles. The fourth-order valence-corrected chi connectivity index (χ4v) is 1.28. The van der Waals surface area contributed by atoms with E-state index in [0.717, 1.165) is 18.2 Å². The van der Waals surface area contributed by atoms with Gasteiger partial charge >= 0.3 is 0 Å². The third kappa shape index (κ3) is 2.93. The molecule has 0 spiro atoms. The predicted octanol–water partition coefficient (Wildman–Crippen LogP) is 3.85. The van der Waals surface area contributed by atoms with Crippen molar-refractivity contribution >= 4 is 11.9 Å². The molecule has 2 aromatic rings. The maximum atomic E-state index is 13.2. The molecule has 0 atom stereocenters. The van der Waals surface area contributed by atoms with E-state index in [0.29, 0.717) is 5.69 Å². The second-order valence-electron chi connectivity index (χ2n) is 3.40. The lowest BCUT2D eigenvalue weighted by molar-refractivity contribution is 0.598. The van der Waals surface area contributed by atoms with Crippen LogP contribution in [0.5, 0.6) is 0 Å². The highest BCUT2D eigenvalue weighted by Crippen LogP contribution is 2.13. The van der Waals surface area contributed by atoms with Crippen LogP contribution < -0.4 is 0 Å². The number of aliphatic imine (C=N–C) groups is 1. The molecule has 0 unspecified atom stereocenters. The molecule has 2 rings (SSSR count). The van der Waals surface area contributed by atoms with Crippen molar-refractivity contribution in [1.29, 1.82) is 0 Å². The lowest BCUT2D eigenvalue weighted by atomic mass is 10.2. The Hall–Kier alpha value is -2.10. The molecular formula is C13H8F3N. The molecule has 0 amide bonds. The van der Waals surface area contributed by atoms with Crippen molar-refractivity contribution in [1.82, 2.24) is 0 Å². The van der Waals surface area contributed by atoms with Crippen LogP contribution in [0.1, 0.15) is 5.56 Å². The van der Waals surface area contributed by atoms with E-state index in [2.05, 4.69) is 4.99 Å². The SMILES string of the molecule is Fc1ccc(N=Cc2cc(F)ccc2F)cc1. The van der Waals surface area contributed by atoms with Gasteiger partial charge in [0.15, 0.2) is 0 Å². The Morgan fingerprint density at radius 1 is 0.824 bits per heavy atom. The maximum Gasteiger partial charge on any atom is 0.132 e. The normalized spacial score (nSPS) is 11.0. The molecule has 86 valence electrons. The molecule has 0 aromatic heterocycles. The van der Waals surface area contributed by atoms with Crippen molar-refractivity contribution in [3.8, 4) is 0 Å². The number of halogens is 3. The van der Waals surface area contributed by atoms with Gasteiger partial charge in [0.25, 0.3) is 0 Å². The first-order chi connectivity index (χ1) is 8.15. The minimum atomic E-state index is -0.558. The molecule has 0 saturated heterocycles. The minimum absolute atomic E-state index is 0.0503. The topological polar surface area (TPSA) is 12.4 Å². The van der Waals surface area contributed by atoms with Crippen molar-refractivity contribution in [3.63, 3.8) is 0 Å². The summed E-state index contributed by atoms with van der Waals surface area (Å²) in [5.74, 6) is -1.47. The Balaban J connectivity index is 2.25. The molecule has 1 nitrogen and oxygen atoms in total. The summed E-state index contributed by atoms with van der Waals surface area (Å²) in [5.41, 5.74) is 0.518. The van der Waals surface area contributed by atoms with Gasteiger partial charge in [0.05, 0.1) is 5.69 Å². The second kappa shape index (κ2) is 4.82. The molecule has 0 saturated carbocycles. The van der Waals surface area contributed by atoms with Gasteiger partial charge in [-0.05, 0) is 42.5 Å². The average Bonchev–Trinajstić information content (AvgIpc) is 2.32. The fourth-order valence-electron chi connectivity index (χ4n) is 1.28. The van der Waals surface area contributed by atoms with E-state index < -0.39 is 11.6 Å². The molecule has 17 heavy (non-hydrogen) atoms. The van der Waals surface area contributed by atoms with Gasteiger partial charge in [-0.15, -0.1) is 0 Å². The van der Waals surface area contributed by atoms with Crippen LogP contribution in [0.3, 0.4) is 0 Å². The molecule has 0 N–H and O–H groups in total. The Kier molecular flexibility index (Phi) is 3.23. The van der Waals surface area contributed by atoms with Gasteiger partial charge in [-0.2, -0.15) is 0 Å². The smallest absolute Gasteiger partial charge is 0.132 e. The summed E-state index contributed by atoms with van der Waals surface area (Å²) in [4.78, 5) is 3.92. The summed E-state index contributed by atoms with van der Waals surface area (Å²) in [7, 11) is 0. The molecule has 0 fully saturated rings. The highest BCUT2D eigenvalue weighted by atomic mass is 19.1. The van der Waals surface area contributed by atoms with Crippen LogP contribution in [0, 0.1) is 17.5 Å². The minimum Gasteiger partial charge on any atom is -0.256 e. The van der Waals surface area contributed by atoms with Crippen molar-refractivity contribution in [3.05, 3.63) is 65.5 Å². The Labute approximate surface area is 96.2 Å². The highest BCUT2D eigenvalue weighted by molar-refractivity contribution is 5.82. The first kappa shape index (κ1) is 11.4. The van der Waals surface area contributed by atoms with Crippen LogP contribution in [-0.2, 0) is 0 Å². The summed E-state index contributed by atoms with van der Waals surface area (Å²) in [5, 5.41) is 0. The first-order valence-electron chi connectivity index (χ1n) is 4.90. The highest BCUT2D eigenvalue weighted by Gasteiger charge is 2.00. The summed E-state index contributed by atoms with van der Waals surface area (Å²) in [6, 6.07) is 8.49. The van der Waals surface area contributed by atoms with Gasteiger partial charge < -0.3 is 0 Å². The third-order valence-electron chi connectivity index (χ3n) is 2.14. The first-order valence-corrected chi connectivity index (χ1v) is 4.90. The quantitative estimate of drug-likeness (QED) is 0.701. The van der Waals surface area contributed by atoms with E-state index in [-0.39, 0.29) is 11.4 Å². The fraction of sp³-hybridized carbons (Fsp3) is 0. The molecule has 0 aliphatic heterocycles. The summed E-state index contributed by atoms with van der Waals surface area (Å²) in [6.45, 7) is 0. The van der Waals surface area contributed by atoms with E-state index in [1.165, 1.54) is 30.5 Å². The molecule has 0 bridgehead atoms. The van der Waals surface area contributed by atoms with Gasteiger partial charge in [0.1, 0.15) is 17.5 Å². The molecule has 0 heterocycles. The van der Waals surface area contributed by atoms with Crippen molar-refractivity contribution in [2.75, 3.05) is 0 Å². The number of rotatable bonds is 2. The summed E-state index contributed by atoms with van der Waals surface area (Å²) < 4.78 is 38.7.